The topological polar surface area (TPSA) is 46.6 Å². The number of hydrogen-bond acceptors (Lipinski definition) is 3. The summed E-state index contributed by atoms with van der Waals surface area (Å²) in [5.74, 6) is 0. The molecule has 86 valence electrons. The number of nitrogens with zero attached hydrogens (tertiary/aromatic N) is 3. The van der Waals surface area contributed by atoms with Crippen molar-refractivity contribution in [2.45, 2.75) is 19.4 Å². The number of pyridine rings is 1. The molecular formula is C12H18N4. The molecule has 0 radical (unpaired) electrons. The zero-order chi connectivity index (χ0) is 11.7. The van der Waals surface area contributed by atoms with Gasteiger partial charge in [0.15, 0.2) is 0 Å². The first-order valence-corrected chi connectivity index (χ1v) is 5.47. The quantitative estimate of drug-likeness (QED) is 0.844. The normalized spacial score (nSPS) is 13.0. The van der Waals surface area contributed by atoms with Gasteiger partial charge in [0, 0.05) is 56.4 Å². The minimum Gasteiger partial charge on any atom is -0.378 e. The first-order chi connectivity index (χ1) is 7.58. The van der Waals surface area contributed by atoms with Gasteiger partial charge in [0.05, 0.1) is 0 Å². The molecule has 0 saturated carbocycles. The summed E-state index contributed by atoms with van der Waals surface area (Å²) in [6, 6.07) is 4.32. The smallest absolute Gasteiger partial charge is 0.138 e. The van der Waals surface area contributed by atoms with Crippen LogP contribution in [0.5, 0.6) is 0 Å². The number of aromatic nitrogens is 2. The summed E-state index contributed by atoms with van der Waals surface area (Å²) in [5.41, 5.74) is 9.10. The van der Waals surface area contributed by atoms with Crippen LogP contribution in [0.15, 0.2) is 24.5 Å². The predicted molar refractivity (Wildman–Crippen MR) is 66.9 cm³/mol. The largest absolute Gasteiger partial charge is 0.378 e. The van der Waals surface area contributed by atoms with Crippen molar-refractivity contribution in [3.05, 3.63) is 30.2 Å². The van der Waals surface area contributed by atoms with E-state index in [-0.39, 0.29) is 6.04 Å². The summed E-state index contributed by atoms with van der Waals surface area (Å²) < 4.78 is 2.09. The lowest BCUT2D eigenvalue weighted by Crippen LogP contribution is -2.18. The average molecular weight is 218 g/mol. The van der Waals surface area contributed by atoms with Crippen molar-refractivity contribution in [2.75, 3.05) is 19.0 Å². The van der Waals surface area contributed by atoms with Gasteiger partial charge in [0.25, 0.3) is 0 Å². The Morgan fingerprint density at radius 3 is 2.88 bits per heavy atom. The maximum Gasteiger partial charge on any atom is 0.138 e. The Hall–Kier alpha value is -1.55. The highest BCUT2D eigenvalue weighted by Crippen LogP contribution is 2.16. The number of hydrogen-bond donors (Lipinski definition) is 1. The zero-order valence-corrected chi connectivity index (χ0v) is 10.0. The lowest BCUT2D eigenvalue weighted by molar-refractivity contribution is 0.717. The van der Waals surface area contributed by atoms with Crippen LogP contribution in [0.1, 0.15) is 12.6 Å². The molecule has 1 atom stereocenters. The van der Waals surface area contributed by atoms with E-state index >= 15 is 0 Å². The summed E-state index contributed by atoms with van der Waals surface area (Å²) in [4.78, 5) is 6.46. The SMILES string of the molecule is CC(N)Cc1cnc2cc(N(C)C)ccn12. The van der Waals surface area contributed by atoms with Gasteiger partial charge in [-0.05, 0) is 13.0 Å². The molecule has 0 aromatic carbocycles. The summed E-state index contributed by atoms with van der Waals surface area (Å²) in [5, 5.41) is 0. The minimum absolute atomic E-state index is 0.161. The molecule has 16 heavy (non-hydrogen) atoms. The Labute approximate surface area is 95.7 Å². The third-order valence-electron chi connectivity index (χ3n) is 2.62. The van der Waals surface area contributed by atoms with E-state index in [1.54, 1.807) is 0 Å². The van der Waals surface area contributed by atoms with Crippen molar-refractivity contribution in [1.29, 1.82) is 0 Å². The van der Waals surface area contributed by atoms with Gasteiger partial charge >= 0.3 is 0 Å². The fourth-order valence-corrected chi connectivity index (χ4v) is 1.78. The minimum atomic E-state index is 0.161. The van der Waals surface area contributed by atoms with E-state index in [1.165, 1.54) is 0 Å². The number of imidazole rings is 1. The molecular weight excluding hydrogens is 200 g/mol. The van der Waals surface area contributed by atoms with Crippen LogP contribution in [-0.4, -0.2) is 29.5 Å². The van der Waals surface area contributed by atoms with Crippen molar-refractivity contribution in [3.63, 3.8) is 0 Å². The molecule has 0 aliphatic carbocycles. The average Bonchev–Trinajstić information content (AvgIpc) is 2.60. The van der Waals surface area contributed by atoms with Crippen molar-refractivity contribution in [3.8, 4) is 0 Å². The molecule has 0 aliphatic heterocycles. The van der Waals surface area contributed by atoms with Crippen LogP contribution in [0.25, 0.3) is 5.65 Å². The van der Waals surface area contributed by atoms with E-state index < -0.39 is 0 Å². The Bertz CT molecular complexity index is 485. The molecule has 0 bridgehead atoms. The van der Waals surface area contributed by atoms with Crippen molar-refractivity contribution in [1.82, 2.24) is 9.38 Å². The summed E-state index contributed by atoms with van der Waals surface area (Å²) >= 11 is 0. The van der Waals surface area contributed by atoms with Crippen LogP contribution >= 0.6 is 0 Å². The zero-order valence-electron chi connectivity index (χ0n) is 10.0. The number of anilines is 1. The summed E-state index contributed by atoms with van der Waals surface area (Å²) in [6.45, 7) is 2.01. The van der Waals surface area contributed by atoms with Gasteiger partial charge in [-0.15, -0.1) is 0 Å². The Kier molecular flexibility index (Phi) is 2.83. The number of fused-ring (bicyclic) bond motifs is 1. The molecule has 2 heterocycles. The second-order valence-corrected chi connectivity index (χ2v) is 4.44. The molecule has 0 fully saturated rings. The molecule has 0 aliphatic rings. The highest BCUT2D eigenvalue weighted by atomic mass is 15.1. The highest BCUT2D eigenvalue weighted by molar-refractivity contribution is 5.56. The van der Waals surface area contributed by atoms with Crippen LogP contribution in [0.4, 0.5) is 5.69 Å². The van der Waals surface area contributed by atoms with E-state index in [1.807, 2.05) is 27.2 Å². The standard InChI is InChI=1S/C12H18N4/c1-9(13)6-11-8-14-12-7-10(15(2)3)4-5-16(11)12/h4-5,7-9H,6,13H2,1-3H3. The predicted octanol–water partition coefficient (Wildman–Crippen LogP) is 1.29. The van der Waals surface area contributed by atoms with Crippen LogP contribution in [0.3, 0.4) is 0 Å². The Morgan fingerprint density at radius 2 is 2.25 bits per heavy atom. The maximum absolute atomic E-state index is 5.80. The number of rotatable bonds is 3. The fraction of sp³-hybridized carbons (Fsp3) is 0.417. The molecule has 2 N–H and O–H groups in total. The maximum atomic E-state index is 5.80. The van der Waals surface area contributed by atoms with Crippen LogP contribution in [0.2, 0.25) is 0 Å². The fourth-order valence-electron chi connectivity index (χ4n) is 1.78. The van der Waals surface area contributed by atoms with Crippen LogP contribution in [0, 0.1) is 0 Å². The number of nitrogens with two attached hydrogens (primary N) is 1. The third kappa shape index (κ3) is 2.02. The van der Waals surface area contributed by atoms with Gasteiger partial charge in [0.2, 0.25) is 0 Å². The van der Waals surface area contributed by atoms with Gasteiger partial charge in [-0.2, -0.15) is 0 Å². The van der Waals surface area contributed by atoms with Crippen molar-refractivity contribution >= 4 is 11.3 Å². The van der Waals surface area contributed by atoms with Gasteiger partial charge in [-0.1, -0.05) is 0 Å². The van der Waals surface area contributed by atoms with E-state index in [0.29, 0.717) is 0 Å². The molecule has 2 rings (SSSR count). The molecule has 2 aromatic heterocycles. The lowest BCUT2D eigenvalue weighted by Gasteiger charge is -2.12. The summed E-state index contributed by atoms with van der Waals surface area (Å²) in [6.07, 6.45) is 4.80. The second kappa shape index (κ2) is 4.14. The van der Waals surface area contributed by atoms with Crippen LogP contribution < -0.4 is 10.6 Å². The third-order valence-corrected chi connectivity index (χ3v) is 2.62. The van der Waals surface area contributed by atoms with Gasteiger partial charge in [0.1, 0.15) is 5.65 Å². The Morgan fingerprint density at radius 1 is 1.50 bits per heavy atom. The van der Waals surface area contributed by atoms with E-state index in [2.05, 4.69) is 32.6 Å². The summed E-state index contributed by atoms with van der Waals surface area (Å²) in [7, 11) is 4.05. The second-order valence-electron chi connectivity index (χ2n) is 4.44. The molecule has 0 spiro atoms. The molecule has 1 unspecified atom stereocenters. The van der Waals surface area contributed by atoms with E-state index in [0.717, 1.165) is 23.4 Å². The van der Waals surface area contributed by atoms with Crippen LogP contribution in [-0.2, 0) is 6.42 Å². The highest BCUT2D eigenvalue weighted by Gasteiger charge is 2.06. The van der Waals surface area contributed by atoms with E-state index in [9.17, 15) is 0 Å². The Balaban J connectivity index is 2.42. The molecule has 2 aromatic rings. The van der Waals surface area contributed by atoms with Gasteiger partial charge in [-0.3, -0.25) is 0 Å². The first kappa shape index (κ1) is 11.0. The molecule has 0 amide bonds. The monoisotopic (exact) mass is 218 g/mol. The van der Waals surface area contributed by atoms with Gasteiger partial charge in [-0.25, -0.2) is 4.98 Å². The molecule has 0 saturated heterocycles. The van der Waals surface area contributed by atoms with Crippen molar-refractivity contribution in [2.24, 2.45) is 5.73 Å². The molecule has 4 heteroatoms. The lowest BCUT2D eigenvalue weighted by atomic mass is 10.2. The van der Waals surface area contributed by atoms with Crippen molar-refractivity contribution < 1.29 is 0 Å². The van der Waals surface area contributed by atoms with E-state index in [4.69, 9.17) is 5.73 Å². The van der Waals surface area contributed by atoms with Gasteiger partial charge < -0.3 is 15.0 Å². The molecule has 4 nitrogen and oxygen atoms in total. The first-order valence-electron chi connectivity index (χ1n) is 5.47.